The Morgan fingerprint density at radius 1 is 1.07 bits per heavy atom. The Morgan fingerprint density at radius 3 is 2.48 bits per heavy atom. The van der Waals surface area contributed by atoms with Crippen LogP contribution in [0.1, 0.15) is 5.56 Å². The third-order valence-electron chi connectivity index (χ3n) is 3.74. The van der Waals surface area contributed by atoms with E-state index in [4.69, 9.17) is 34.8 Å². The molecular formula is C18H15Cl3N4OS. The van der Waals surface area contributed by atoms with Gasteiger partial charge in [0.1, 0.15) is 0 Å². The molecule has 1 aromatic heterocycles. The van der Waals surface area contributed by atoms with Crippen molar-refractivity contribution in [2.75, 3.05) is 5.75 Å². The van der Waals surface area contributed by atoms with Crippen molar-refractivity contribution in [3.8, 4) is 11.4 Å². The van der Waals surface area contributed by atoms with Crippen molar-refractivity contribution in [3.63, 3.8) is 0 Å². The molecule has 0 atom stereocenters. The van der Waals surface area contributed by atoms with Crippen LogP contribution in [-0.4, -0.2) is 26.4 Å². The summed E-state index contributed by atoms with van der Waals surface area (Å²) in [5.41, 5.74) is 1.71. The van der Waals surface area contributed by atoms with E-state index in [0.29, 0.717) is 32.6 Å². The zero-order chi connectivity index (χ0) is 19.4. The van der Waals surface area contributed by atoms with E-state index in [-0.39, 0.29) is 11.7 Å². The normalized spacial score (nSPS) is 10.8. The third kappa shape index (κ3) is 5.17. The summed E-state index contributed by atoms with van der Waals surface area (Å²) in [6, 6.07) is 12.5. The second-order valence-corrected chi connectivity index (χ2v) is 7.90. The fourth-order valence-corrected chi connectivity index (χ4v) is 3.69. The Labute approximate surface area is 176 Å². The first kappa shape index (κ1) is 20.0. The monoisotopic (exact) mass is 440 g/mol. The molecule has 0 saturated carbocycles. The average Bonchev–Trinajstić information content (AvgIpc) is 3.00. The fraction of sp³-hybridized carbons (Fsp3) is 0.167. The molecular weight excluding hydrogens is 427 g/mol. The van der Waals surface area contributed by atoms with E-state index in [0.717, 1.165) is 11.1 Å². The summed E-state index contributed by atoms with van der Waals surface area (Å²) in [5, 5.41) is 13.5. The van der Waals surface area contributed by atoms with Crippen molar-refractivity contribution in [2.45, 2.75) is 11.7 Å². The van der Waals surface area contributed by atoms with Gasteiger partial charge >= 0.3 is 0 Å². The van der Waals surface area contributed by atoms with Crippen LogP contribution in [-0.2, 0) is 18.4 Å². The first-order valence-corrected chi connectivity index (χ1v) is 10.0. The Balaban J connectivity index is 1.59. The highest BCUT2D eigenvalue weighted by atomic mass is 35.5. The molecule has 3 rings (SSSR count). The zero-order valence-corrected chi connectivity index (χ0v) is 17.3. The zero-order valence-electron chi connectivity index (χ0n) is 14.2. The standard InChI is InChI=1S/C18H15Cl3N4OS/c1-25-17(14-7-6-13(20)8-15(14)21)23-24-18(25)27-10-16(26)22-9-11-2-4-12(19)5-3-11/h2-8H,9-10H2,1H3,(H,22,26). The highest BCUT2D eigenvalue weighted by Gasteiger charge is 2.15. The lowest BCUT2D eigenvalue weighted by atomic mass is 10.2. The van der Waals surface area contributed by atoms with Crippen LogP contribution in [0.2, 0.25) is 15.1 Å². The highest BCUT2D eigenvalue weighted by molar-refractivity contribution is 7.99. The highest BCUT2D eigenvalue weighted by Crippen LogP contribution is 2.30. The minimum atomic E-state index is -0.0935. The smallest absolute Gasteiger partial charge is 0.230 e. The van der Waals surface area contributed by atoms with E-state index in [9.17, 15) is 4.79 Å². The van der Waals surface area contributed by atoms with Gasteiger partial charge in [0.05, 0.1) is 10.8 Å². The molecule has 0 spiro atoms. The minimum absolute atomic E-state index is 0.0935. The van der Waals surface area contributed by atoms with Crippen molar-refractivity contribution in [2.24, 2.45) is 7.05 Å². The van der Waals surface area contributed by atoms with Gasteiger partial charge in [-0.25, -0.2) is 0 Å². The topological polar surface area (TPSA) is 59.8 Å². The third-order valence-corrected chi connectivity index (χ3v) is 5.56. The first-order chi connectivity index (χ1) is 12.9. The SMILES string of the molecule is Cn1c(SCC(=O)NCc2ccc(Cl)cc2)nnc1-c1ccc(Cl)cc1Cl. The fourth-order valence-electron chi connectivity index (χ4n) is 2.33. The molecule has 2 aromatic carbocycles. The summed E-state index contributed by atoms with van der Waals surface area (Å²) in [6.07, 6.45) is 0. The molecule has 1 N–H and O–H groups in total. The molecule has 0 aliphatic rings. The lowest BCUT2D eigenvalue weighted by Gasteiger charge is -2.07. The molecule has 3 aromatic rings. The van der Waals surface area contributed by atoms with Gasteiger partial charge < -0.3 is 9.88 Å². The average molecular weight is 442 g/mol. The summed E-state index contributed by atoms with van der Waals surface area (Å²) in [5.74, 6) is 0.748. The number of halogens is 3. The molecule has 9 heteroatoms. The molecule has 0 bridgehead atoms. The number of benzene rings is 2. The van der Waals surface area contributed by atoms with Gasteiger partial charge in [-0.05, 0) is 35.9 Å². The maximum atomic E-state index is 12.1. The van der Waals surface area contributed by atoms with Crippen molar-refractivity contribution < 1.29 is 4.79 Å². The molecule has 140 valence electrons. The van der Waals surface area contributed by atoms with E-state index in [1.54, 1.807) is 34.9 Å². The summed E-state index contributed by atoms with van der Waals surface area (Å²) >= 11 is 19.3. The minimum Gasteiger partial charge on any atom is -0.351 e. The number of hydrogen-bond donors (Lipinski definition) is 1. The largest absolute Gasteiger partial charge is 0.351 e. The maximum Gasteiger partial charge on any atom is 0.230 e. The maximum absolute atomic E-state index is 12.1. The van der Waals surface area contributed by atoms with Crippen molar-refractivity contribution in [1.29, 1.82) is 0 Å². The van der Waals surface area contributed by atoms with Crippen LogP contribution in [0.25, 0.3) is 11.4 Å². The van der Waals surface area contributed by atoms with Gasteiger partial charge in [0.15, 0.2) is 11.0 Å². The van der Waals surface area contributed by atoms with Crippen LogP contribution in [0.4, 0.5) is 0 Å². The number of nitrogens with zero attached hydrogens (tertiary/aromatic N) is 3. The number of thioether (sulfide) groups is 1. The van der Waals surface area contributed by atoms with E-state index in [1.165, 1.54) is 11.8 Å². The Bertz CT molecular complexity index is 960. The number of rotatable bonds is 6. The van der Waals surface area contributed by atoms with Gasteiger partial charge in [-0.15, -0.1) is 10.2 Å². The Kier molecular flexibility index (Phi) is 6.65. The first-order valence-electron chi connectivity index (χ1n) is 7.93. The summed E-state index contributed by atoms with van der Waals surface area (Å²) < 4.78 is 1.80. The Hall–Kier alpha value is -1.73. The van der Waals surface area contributed by atoms with Crippen molar-refractivity contribution in [1.82, 2.24) is 20.1 Å². The van der Waals surface area contributed by atoms with Gasteiger partial charge in [0, 0.05) is 29.2 Å². The molecule has 1 heterocycles. The van der Waals surface area contributed by atoms with Gasteiger partial charge in [-0.2, -0.15) is 0 Å². The van der Waals surface area contributed by atoms with Crippen LogP contribution in [0.3, 0.4) is 0 Å². The number of amides is 1. The second-order valence-electron chi connectivity index (χ2n) is 5.68. The lowest BCUT2D eigenvalue weighted by molar-refractivity contribution is -0.118. The van der Waals surface area contributed by atoms with Crippen LogP contribution in [0.15, 0.2) is 47.6 Å². The molecule has 27 heavy (non-hydrogen) atoms. The van der Waals surface area contributed by atoms with E-state index in [2.05, 4.69) is 15.5 Å². The number of carbonyl (C=O) groups excluding carboxylic acids is 1. The van der Waals surface area contributed by atoms with Crippen LogP contribution in [0.5, 0.6) is 0 Å². The molecule has 0 saturated heterocycles. The number of hydrogen-bond acceptors (Lipinski definition) is 4. The number of carbonyl (C=O) groups is 1. The predicted octanol–water partition coefficient (Wildman–Crippen LogP) is 4.85. The van der Waals surface area contributed by atoms with E-state index < -0.39 is 0 Å². The van der Waals surface area contributed by atoms with Gasteiger partial charge in [-0.3, -0.25) is 4.79 Å². The van der Waals surface area contributed by atoms with E-state index >= 15 is 0 Å². The molecule has 0 radical (unpaired) electrons. The summed E-state index contributed by atoms with van der Waals surface area (Å²) in [6.45, 7) is 0.445. The number of aromatic nitrogens is 3. The summed E-state index contributed by atoms with van der Waals surface area (Å²) in [4.78, 5) is 12.1. The van der Waals surface area contributed by atoms with Gasteiger partial charge in [0.2, 0.25) is 5.91 Å². The predicted molar refractivity (Wildman–Crippen MR) is 110 cm³/mol. The van der Waals surface area contributed by atoms with Crippen molar-refractivity contribution >= 4 is 52.5 Å². The molecule has 0 fully saturated rings. The molecule has 5 nitrogen and oxygen atoms in total. The molecule has 0 aliphatic carbocycles. The van der Waals surface area contributed by atoms with E-state index in [1.807, 2.05) is 19.2 Å². The quantitative estimate of drug-likeness (QED) is 0.555. The van der Waals surface area contributed by atoms with Crippen LogP contribution < -0.4 is 5.32 Å². The number of nitrogens with one attached hydrogen (secondary N) is 1. The Morgan fingerprint density at radius 2 is 1.78 bits per heavy atom. The molecule has 0 unspecified atom stereocenters. The molecule has 1 amide bonds. The van der Waals surface area contributed by atoms with Gasteiger partial charge in [0.25, 0.3) is 0 Å². The van der Waals surface area contributed by atoms with Gasteiger partial charge in [-0.1, -0.05) is 58.7 Å². The van der Waals surface area contributed by atoms with Crippen LogP contribution in [0, 0.1) is 0 Å². The second kappa shape index (κ2) is 8.97. The molecule has 0 aliphatic heterocycles. The van der Waals surface area contributed by atoms with Crippen LogP contribution >= 0.6 is 46.6 Å². The van der Waals surface area contributed by atoms with Crippen molar-refractivity contribution in [3.05, 3.63) is 63.1 Å². The lowest BCUT2D eigenvalue weighted by Crippen LogP contribution is -2.24. The summed E-state index contributed by atoms with van der Waals surface area (Å²) in [7, 11) is 1.83.